The van der Waals surface area contributed by atoms with Gasteiger partial charge >= 0.3 is 0 Å². The smallest absolute Gasteiger partial charge is 0.210 e. The lowest BCUT2D eigenvalue weighted by Crippen LogP contribution is -2.68. The molecule has 2 aliphatic rings. The Bertz CT molecular complexity index is 1570. The van der Waals surface area contributed by atoms with Crippen molar-refractivity contribution in [1.29, 1.82) is 0 Å². The predicted octanol–water partition coefficient (Wildman–Crippen LogP) is 4.46. The second-order valence-corrected chi connectivity index (χ2v) is 12.9. The molecule has 0 bridgehead atoms. The van der Waals surface area contributed by atoms with Crippen LogP contribution in [0, 0.1) is 10.2 Å². The standard InChI is InChI=1S/C36H43N2.ClHO4/c1-7-9-26-38-31-24-23-27-17-13-14-18-28(27)34(31)36(5,6)33(38)22-12-10-11-21-32-35(3,4)29-19-15-16-20-30(29)37(32)25-8-2;2-1(3,4)5/h10-24H,7-9,25-26H2,1-6H3;(H,2,3,4,5)/q+1;/p-1. The van der Waals surface area contributed by atoms with Gasteiger partial charge in [0.15, 0.2) is 5.71 Å². The summed E-state index contributed by atoms with van der Waals surface area (Å²) in [4.78, 5) is 2.51. The normalized spacial score (nSPS) is 18.1. The van der Waals surface area contributed by atoms with Gasteiger partial charge in [0, 0.05) is 47.5 Å². The first kappa shape index (κ1) is 32.6. The van der Waals surface area contributed by atoms with Gasteiger partial charge in [-0.1, -0.05) is 94.8 Å². The molecule has 7 heteroatoms. The maximum absolute atomic E-state index is 8.49. The molecule has 0 N–H and O–H groups in total. The monoisotopic (exact) mass is 602 g/mol. The minimum Gasteiger partial charge on any atom is -0.344 e. The number of unbranched alkanes of at least 4 members (excludes halogenated alkanes) is 1. The molecule has 3 aromatic rings. The summed E-state index contributed by atoms with van der Waals surface area (Å²) in [7, 11) is -4.94. The molecule has 0 saturated heterocycles. The minimum absolute atomic E-state index is 0.00165. The number of benzene rings is 3. The molecule has 0 spiro atoms. The fourth-order valence-corrected chi connectivity index (χ4v) is 6.56. The van der Waals surface area contributed by atoms with E-state index in [9.17, 15) is 0 Å². The van der Waals surface area contributed by atoms with Crippen molar-refractivity contribution in [3.63, 3.8) is 0 Å². The number of anilines is 1. The molecule has 43 heavy (non-hydrogen) atoms. The maximum Gasteiger partial charge on any atom is 0.210 e. The van der Waals surface area contributed by atoms with Crippen molar-refractivity contribution in [2.45, 2.75) is 71.6 Å². The van der Waals surface area contributed by atoms with Crippen LogP contribution in [0.4, 0.5) is 11.4 Å². The molecule has 0 aliphatic carbocycles. The summed E-state index contributed by atoms with van der Waals surface area (Å²) < 4.78 is 36.5. The van der Waals surface area contributed by atoms with E-state index in [0.29, 0.717) is 0 Å². The molecule has 0 saturated carbocycles. The van der Waals surface area contributed by atoms with Crippen molar-refractivity contribution in [2.24, 2.45) is 0 Å². The number of allylic oxidation sites excluding steroid dienone is 6. The van der Waals surface area contributed by atoms with Gasteiger partial charge in [-0.3, -0.25) is 0 Å². The number of rotatable bonds is 8. The Labute approximate surface area is 258 Å². The average Bonchev–Trinajstić information content (AvgIpc) is 3.30. The van der Waals surface area contributed by atoms with Crippen LogP contribution in [0.3, 0.4) is 0 Å². The van der Waals surface area contributed by atoms with Crippen LogP contribution in [-0.4, -0.2) is 23.4 Å². The summed E-state index contributed by atoms with van der Waals surface area (Å²) >= 11 is 0. The summed E-state index contributed by atoms with van der Waals surface area (Å²) in [5, 5.41) is 2.70. The summed E-state index contributed by atoms with van der Waals surface area (Å²) in [6.07, 6.45) is 14.8. The summed E-state index contributed by atoms with van der Waals surface area (Å²) in [5.41, 5.74) is 8.31. The van der Waals surface area contributed by atoms with E-state index in [2.05, 4.69) is 142 Å². The molecular formula is C36H43ClN2O4. The second-order valence-electron chi connectivity index (χ2n) is 12.2. The lowest BCUT2D eigenvalue weighted by Gasteiger charge is -2.26. The zero-order chi connectivity index (χ0) is 31.4. The quantitative estimate of drug-likeness (QED) is 0.280. The van der Waals surface area contributed by atoms with Crippen LogP contribution in [0.5, 0.6) is 0 Å². The molecule has 3 aromatic carbocycles. The number of hydrogen-bond acceptors (Lipinski definition) is 5. The summed E-state index contributed by atoms with van der Waals surface area (Å²) in [5.74, 6) is 0. The van der Waals surface area contributed by atoms with Crippen molar-refractivity contribution in [3.8, 4) is 0 Å². The first-order valence-corrected chi connectivity index (χ1v) is 16.3. The molecule has 0 fully saturated rings. The SMILES string of the molecule is CCCC[N+]1=C(/C=C/C=C/C=C2\N(CCC)c3ccccc3C2(C)C)C(C)(C)c2c1ccc1ccccc21.[O-][Cl+3]([O-])([O-])[O-]. The Hall–Kier alpha value is -3.26. The van der Waals surface area contributed by atoms with Gasteiger partial charge in [0.1, 0.15) is 6.54 Å². The van der Waals surface area contributed by atoms with Gasteiger partial charge in [0.05, 0.1) is 5.41 Å². The van der Waals surface area contributed by atoms with Crippen molar-refractivity contribution < 1.29 is 33.5 Å². The minimum atomic E-state index is -4.94. The molecule has 0 aromatic heterocycles. The lowest BCUT2D eigenvalue weighted by atomic mass is 9.79. The second kappa shape index (κ2) is 13.2. The zero-order valence-corrected chi connectivity index (χ0v) is 26.9. The molecule has 228 valence electrons. The van der Waals surface area contributed by atoms with Gasteiger partial charge in [-0.2, -0.15) is 4.58 Å². The molecule has 2 aliphatic heterocycles. The highest BCUT2D eigenvalue weighted by Crippen LogP contribution is 2.48. The van der Waals surface area contributed by atoms with Crippen LogP contribution in [0.15, 0.2) is 96.7 Å². The van der Waals surface area contributed by atoms with E-state index in [-0.39, 0.29) is 10.8 Å². The number of hydrogen-bond donors (Lipinski definition) is 0. The van der Waals surface area contributed by atoms with Gasteiger partial charge in [-0.15, -0.1) is 10.2 Å². The Morgan fingerprint density at radius 1 is 0.791 bits per heavy atom. The van der Waals surface area contributed by atoms with E-state index in [1.807, 2.05) is 0 Å². The van der Waals surface area contributed by atoms with Gasteiger partial charge in [0.2, 0.25) is 5.69 Å². The van der Waals surface area contributed by atoms with Crippen LogP contribution >= 0.6 is 0 Å². The van der Waals surface area contributed by atoms with Crippen molar-refractivity contribution in [3.05, 3.63) is 108 Å². The zero-order valence-electron chi connectivity index (χ0n) is 26.1. The first-order chi connectivity index (χ1) is 20.3. The molecule has 5 rings (SSSR count). The number of halogens is 1. The number of para-hydroxylation sites is 1. The Morgan fingerprint density at radius 3 is 2.16 bits per heavy atom. The van der Waals surface area contributed by atoms with Gasteiger partial charge in [0.25, 0.3) is 0 Å². The van der Waals surface area contributed by atoms with E-state index in [4.69, 9.17) is 18.6 Å². The highest BCUT2D eigenvalue weighted by molar-refractivity contribution is 6.07. The summed E-state index contributed by atoms with van der Waals surface area (Å²) in [6, 6.07) is 22.3. The Balaban J connectivity index is 0.000000782. The van der Waals surface area contributed by atoms with E-state index in [1.54, 1.807) is 0 Å². The van der Waals surface area contributed by atoms with E-state index < -0.39 is 10.2 Å². The topological polar surface area (TPSA) is 98.5 Å². The molecule has 0 amide bonds. The van der Waals surface area contributed by atoms with Crippen LogP contribution in [0.1, 0.15) is 71.9 Å². The van der Waals surface area contributed by atoms with Gasteiger partial charge in [-0.25, -0.2) is 18.6 Å². The Morgan fingerprint density at radius 2 is 1.47 bits per heavy atom. The fourth-order valence-electron chi connectivity index (χ4n) is 6.56. The van der Waals surface area contributed by atoms with E-state index >= 15 is 0 Å². The predicted molar refractivity (Wildman–Crippen MR) is 165 cm³/mol. The van der Waals surface area contributed by atoms with E-state index in [0.717, 1.165) is 19.5 Å². The van der Waals surface area contributed by atoms with Crippen molar-refractivity contribution in [1.82, 2.24) is 0 Å². The van der Waals surface area contributed by atoms with Crippen LogP contribution < -0.4 is 23.5 Å². The molecule has 2 heterocycles. The largest absolute Gasteiger partial charge is 0.344 e. The number of nitrogens with zero attached hydrogens (tertiary/aromatic N) is 2. The highest BCUT2D eigenvalue weighted by Gasteiger charge is 2.45. The van der Waals surface area contributed by atoms with Crippen LogP contribution in [0.2, 0.25) is 0 Å². The van der Waals surface area contributed by atoms with Crippen LogP contribution in [0.25, 0.3) is 10.8 Å². The first-order valence-electron chi connectivity index (χ1n) is 15.0. The van der Waals surface area contributed by atoms with E-state index in [1.165, 1.54) is 57.5 Å². The fraction of sp³-hybridized carbons (Fsp3) is 0.361. The molecule has 0 radical (unpaired) electrons. The lowest BCUT2D eigenvalue weighted by molar-refractivity contribution is -2.00. The number of fused-ring (bicyclic) bond motifs is 4. The van der Waals surface area contributed by atoms with Crippen molar-refractivity contribution >= 4 is 27.9 Å². The molecule has 0 unspecified atom stereocenters. The third-order valence-corrected chi connectivity index (χ3v) is 8.47. The molecule has 6 nitrogen and oxygen atoms in total. The van der Waals surface area contributed by atoms with Gasteiger partial charge < -0.3 is 4.90 Å². The maximum atomic E-state index is 8.49. The Kier molecular flexibility index (Phi) is 10.00. The van der Waals surface area contributed by atoms with Gasteiger partial charge in [-0.05, 0) is 54.8 Å². The van der Waals surface area contributed by atoms with Crippen LogP contribution in [-0.2, 0) is 10.8 Å². The molecular weight excluding hydrogens is 560 g/mol. The molecule has 0 atom stereocenters. The average molecular weight is 603 g/mol. The highest BCUT2D eigenvalue weighted by atomic mass is 35.7. The third kappa shape index (κ3) is 6.95. The third-order valence-electron chi connectivity index (χ3n) is 8.47. The van der Waals surface area contributed by atoms with Crippen molar-refractivity contribution in [2.75, 3.05) is 18.0 Å². The summed E-state index contributed by atoms with van der Waals surface area (Å²) in [6.45, 7) is 16.1.